The Hall–Kier alpha value is -1.93. The van der Waals surface area contributed by atoms with Crippen molar-refractivity contribution in [2.45, 2.75) is 18.1 Å². The van der Waals surface area contributed by atoms with Gasteiger partial charge in [-0.15, -0.1) is 11.3 Å². The third-order valence-electron chi connectivity index (χ3n) is 2.87. The third kappa shape index (κ3) is 3.06. The number of sulfonamides is 1. The Morgan fingerprint density at radius 3 is 2.57 bits per heavy atom. The summed E-state index contributed by atoms with van der Waals surface area (Å²) >= 11 is 0.660. The van der Waals surface area contributed by atoms with Gasteiger partial charge in [0.25, 0.3) is 10.0 Å². The molecule has 0 spiro atoms. The number of anilines is 1. The first-order chi connectivity index (χ1) is 9.72. The maximum atomic E-state index is 13.4. The maximum Gasteiger partial charge on any atom is 0.346 e. The lowest BCUT2D eigenvalue weighted by Gasteiger charge is -2.09. The van der Waals surface area contributed by atoms with Gasteiger partial charge in [-0.05, 0) is 37.6 Å². The molecular weight excluding hydrogens is 317 g/mol. The van der Waals surface area contributed by atoms with Gasteiger partial charge in [-0.3, -0.25) is 4.72 Å². The quantitative estimate of drug-likeness (QED) is 0.903. The summed E-state index contributed by atoms with van der Waals surface area (Å²) in [5, 5.41) is 8.96. The van der Waals surface area contributed by atoms with E-state index in [1.165, 1.54) is 38.1 Å². The van der Waals surface area contributed by atoms with E-state index in [0.717, 1.165) is 0 Å². The monoisotopic (exact) mass is 329 g/mol. The minimum absolute atomic E-state index is 0.0358. The summed E-state index contributed by atoms with van der Waals surface area (Å²) in [4.78, 5) is 10.9. The molecule has 0 atom stereocenters. The van der Waals surface area contributed by atoms with Crippen LogP contribution in [0, 0.1) is 19.7 Å². The molecule has 0 fully saturated rings. The van der Waals surface area contributed by atoms with Gasteiger partial charge >= 0.3 is 5.97 Å². The SMILES string of the molecule is Cc1cc(S(=O)(=O)Nc2cccc(F)c2C)sc1C(=O)O. The average Bonchev–Trinajstić information content (AvgIpc) is 2.78. The molecule has 21 heavy (non-hydrogen) atoms. The van der Waals surface area contributed by atoms with E-state index in [4.69, 9.17) is 5.11 Å². The van der Waals surface area contributed by atoms with Gasteiger partial charge in [0.15, 0.2) is 0 Å². The van der Waals surface area contributed by atoms with Crippen molar-refractivity contribution in [1.29, 1.82) is 0 Å². The first kappa shape index (κ1) is 15.5. The van der Waals surface area contributed by atoms with Crippen LogP contribution in [0.25, 0.3) is 0 Å². The van der Waals surface area contributed by atoms with Crippen LogP contribution in [-0.4, -0.2) is 19.5 Å². The fourth-order valence-corrected chi connectivity index (χ4v) is 4.21. The summed E-state index contributed by atoms with van der Waals surface area (Å²) in [6.45, 7) is 2.97. The number of carboxylic acid groups (broad SMARTS) is 1. The molecule has 0 bridgehead atoms. The second kappa shape index (κ2) is 5.45. The molecule has 0 saturated carbocycles. The van der Waals surface area contributed by atoms with Crippen molar-refractivity contribution in [2.75, 3.05) is 4.72 Å². The molecule has 2 rings (SSSR count). The van der Waals surface area contributed by atoms with Crippen LogP contribution in [0.15, 0.2) is 28.5 Å². The van der Waals surface area contributed by atoms with E-state index in [2.05, 4.69) is 4.72 Å². The van der Waals surface area contributed by atoms with Crippen molar-refractivity contribution < 1.29 is 22.7 Å². The Kier molecular flexibility index (Phi) is 4.02. The highest BCUT2D eigenvalue weighted by Crippen LogP contribution is 2.28. The van der Waals surface area contributed by atoms with Gasteiger partial charge in [0, 0.05) is 5.56 Å². The van der Waals surface area contributed by atoms with Crippen LogP contribution >= 0.6 is 11.3 Å². The maximum absolute atomic E-state index is 13.4. The van der Waals surface area contributed by atoms with Gasteiger partial charge in [0.05, 0.1) is 5.69 Å². The van der Waals surface area contributed by atoms with Gasteiger partial charge in [-0.25, -0.2) is 17.6 Å². The minimum Gasteiger partial charge on any atom is -0.477 e. The van der Waals surface area contributed by atoms with Gasteiger partial charge in [-0.2, -0.15) is 0 Å². The molecular formula is C13H12FNO4S2. The molecule has 5 nitrogen and oxygen atoms in total. The normalized spacial score (nSPS) is 11.4. The lowest BCUT2D eigenvalue weighted by molar-refractivity contribution is 0.0701. The Balaban J connectivity index is 2.41. The highest BCUT2D eigenvalue weighted by atomic mass is 32.2. The third-order valence-corrected chi connectivity index (χ3v) is 5.93. The van der Waals surface area contributed by atoms with Crippen molar-refractivity contribution in [2.24, 2.45) is 0 Å². The lowest BCUT2D eigenvalue weighted by atomic mass is 10.2. The lowest BCUT2D eigenvalue weighted by Crippen LogP contribution is -2.12. The highest BCUT2D eigenvalue weighted by Gasteiger charge is 2.22. The van der Waals surface area contributed by atoms with Crippen LogP contribution in [0.2, 0.25) is 0 Å². The number of hydrogen-bond donors (Lipinski definition) is 2. The number of benzene rings is 1. The average molecular weight is 329 g/mol. The van der Waals surface area contributed by atoms with Crippen LogP contribution in [-0.2, 0) is 10.0 Å². The summed E-state index contributed by atoms with van der Waals surface area (Å²) in [5.74, 6) is -1.70. The van der Waals surface area contributed by atoms with Crippen molar-refractivity contribution in [3.8, 4) is 0 Å². The zero-order valence-electron chi connectivity index (χ0n) is 11.2. The molecule has 0 saturated heterocycles. The van der Waals surface area contributed by atoms with Crippen molar-refractivity contribution in [3.05, 3.63) is 46.1 Å². The number of halogens is 1. The fraction of sp³-hybridized carbons (Fsp3) is 0.154. The van der Waals surface area contributed by atoms with Gasteiger partial charge in [0.1, 0.15) is 14.9 Å². The van der Waals surface area contributed by atoms with Crippen LogP contribution in [0.5, 0.6) is 0 Å². The number of nitrogens with one attached hydrogen (secondary N) is 1. The number of carbonyl (C=O) groups is 1. The summed E-state index contributed by atoms with van der Waals surface area (Å²) < 4.78 is 40.0. The van der Waals surface area contributed by atoms with Crippen molar-refractivity contribution in [1.82, 2.24) is 0 Å². The molecule has 0 unspecified atom stereocenters. The number of thiophene rings is 1. The van der Waals surface area contributed by atoms with Crippen LogP contribution < -0.4 is 4.72 Å². The molecule has 0 aliphatic heterocycles. The first-order valence-corrected chi connectivity index (χ1v) is 8.14. The second-order valence-corrected chi connectivity index (χ2v) is 7.36. The minimum atomic E-state index is -3.95. The van der Waals surface area contributed by atoms with Gasteiger partial charge in [0.2, 0.25) is 0 Å². The molecule has 2 aromatic rings. The fourth-order valence-electron chi connectivity index (χ4n) is 1.71. The van der Waals surface area contributed by atoms with Crippen LogP contribution in [0.4, 0.5) is 10.1 Å². The van der Waals surface area contributed by atoms with E-state index in [9.17, 15) is 17.6 Å². The van der Waals surface area contributed by atoms with E-state index >= 15 is 0 Å². The van der Waals surface area contributed by atoms with Gasteiger partial charge in [-0.1, -0.05) is 6.07 Å². The summed E-state index contributed by atoms with van der Waals surface area (Å²) in [6, 6.07) is 5.34. The molecule has 0 aliphatic carbocycles. The van der Waals surface area contributed by atoms with Crippen LogP contribution in [0.3, 0.4) is 0 Å². The molecule has 0 amide bonds. The molecule has 8 heteroatoms. The largest absolute Gasteiger partial charge is 0.477 e. The highest BCUT2D eigenvalue weighted by molar-refractivity contribution is 7.94. The van der Waals surface area contributed by atoms with Crippen molar-refractivity contribution >= 4 is 33.0 Å². The van der Waals surface area contributed by atoms with E-state index in [-0.39, 0.29) is 20.3 Å². The van der Waals surface area contributed by atoms with Crippen molar-refractivity contribution in [3.63, 3.8) is 0 Å². The second-order valence-electron chi connectivity index (χ2n) is 4.40. The van der Waals surface area contributed by atoms with E-state index in [0.29, 0.717) is 16.9 Å². The number of rotatable bonds is 4. The summed E-state index contributed by atoms with van der Waals surface area (Å²) in [6.07, 6.45) is 0. The van der Waals surface area contributed by atoms with E-state index in [1.54, 1.807) is 0 Å². The van der Waals surface area contributed by atoms with Gasteiger partial charge < -0.3 is 5.11 Å². The molecule has 0 radical (unpaired) electrons. The molecule has 1 aromatic carbocycles. The predicted octanol–water partition coefficient (Wildman–Crippen LogP) is 3.00. The number of aryl methyl sites for hydroxylation is 1. The zero-order valence-corrected chi connectivity index (χ0v) is 12.8. The Labute approximate surface area is 125 Å². The molecule has 0 aliphatic rings. The standard InChI is InChI=1S/C13H12FNO4S2/c1-7-6-11(20-12(7)13(16)17)21(18,19)15-10-5-3-4-9(14)8(10)2/h3-6,15H,1-2H3,(H,16,17). The Bertz CT molecular complexity index is 812. The molecule has 1 heterocycles. The summed E-state index contributed by atoms with van der Waals surface area (Å²) in [5.41, 5.74) is 0.662. The van der Waals surface area contributed by atoms with Crippen LogP contribution in [0.1, 0.15) is 20.8 Å². The first-order valence-electron chi connectivity index (χ1n) is 5.84. The number of aromatic carboxylic acids is 1. The molecule has 112 valence electrons. The number of hydrogen-bond acceptors (Lipinski definition) is 4. The van der Waals surface area contributed by atoms with E-state index in [1.807, 2.05) is 0 Å². The zero-order chi connectivity index (χ0) is 15.8. The molecule has 2 N–H and O–H groups in total. The predicted molar refractivity (Wildman–Crippen MR) is 78.0 cm³/mol. The molecule has 1 aromatic heterocycles. The Morgan fingerprint density at radius 2 is 2.00 bits per heavy atom. The smallest absolute Gasteiger partial charge is 0.346 e. The topological polar surface area (TPSA) is 83.5 Å². The number of carboxylic acids is 1. The van der Waals surface area contributed by atoms with E-state index < -0.39 is 21.8 Å². The Morgan fingerprint density at radius 1 is 1.33 bits per heavy atom. The summed E-state index contributed by atoms with van der Waals surface area (Å²) in [7, 11) is -3.95.